The minimum absolute atomic E-state index is 0.222. The maximum atomic E-state index is 12.6. The summed E-state index contributed by atoms with van der Waals surface area (Å²) in [4.78, 5) is 12.6. The molecule has 0 unspecified atom stereocenters. The minimum Gasteiger partial charge on any atom is -0.486 e. The number of ketones is 1. The number of halogens is 3. The van der Waals surface area contributed by atoms with Crippen molar-refractivity contribution in [3.63, 3.8) is 0 Å². The molecule has 0 atom stereocenters. The number of ether oxygens (including phenoxy) is 2. The highest BCUT2D eigenvalue weighted by Gasteiger charge is 2.20. The van der Waals surface area contributed by atoms with Gasteiger partial charge < -0.3 is 9.47 Å². The molecule has 0 bridgehead atoms. The first kappa shape index (κ1) is 14.7. The Kier molecular flexibility index (Phi) is 4.11. The number of rotatable bonds is 2. The molecule has 21 heavy (non-hydrogen) atoms. The fourth-order valence-electron chi connectivity index (χ4n) is 2.08. The molecule has 0 fully saturated rings. The van der Waals surface area contributed by atoms with E-state index >= 15 is 0 Å². The fraction of sp³-hybridized carbons (Fsp3) is 0.133. The van der Waals surface area contributed by atoms with Crippen LogP contribution in [0.2, 0.25) is 10.0 Å². The molecule has 0 N–H and O–H groups in total. The summed E-state index contributed by atoms with van der Waals surface area (Å²) < 4.78 is 11.6. The van der Waals surface area contributed by atoms with Gasteiger partial charge in [-0.3, -0.25) is 4.79 Å². The van der Waals surface area contributed by atoms with Gasteiger partial charge in [-0.15, -0.1) is 0 Å². The van der Waals surface area contributed by atoms with Crippen LogP contribution in [0.3, 0.4) is 0 Å². The third kappa shape index (κ3) is 3.03. The van der Waals surface area contributed by atoms with Gasteiger partial charge in [0.05, 0.1) is 5.02 Å². The molecule has 6 heteroatoms. The molecule has 2 aromatic rings. The van der Waals surface area contributed by atoms with Gasteiger partial charge in [0.1, 0.15) is 13.2 Å². The smallest absolute Gasteiger partial charge is 0.194 e. The standard InChI is InChI=1S/C15H9BrCl2O3/c16-9-3-8(4-10(17)5-9)15(19)11-6-13-14(7-12(11)18)21-2-1-20-13/h3-7H,1-2H2. The molecule has 0 aliphatic carbocycles. The van der Waals surface area contributed by atoms with Crippen molar-refractivity contribution in [2.24, 2.45) is 0 Å². The first-order chi connectivity index (χ1) is 10.0. The number of hydrogen-bond donors (Lipinski definition) is 0. The Balaban J connectivity index is 2.05. The second-order valence-electron chi connectivity index (χ2n) is 4.46. The molecule has 0 aromatic heterocycles. The first-order valence-electron chi connectivity index (χ1n) is 6.14. The molecule has 1 aliphatic heterocycles. The maximum Gasteiger partial charge on any atom is 0.194 e. The van der Waals surface area contributed by atoms with E-state index in [9.17, 15) is 4.79 Å². The lowest BCUT2D eigenvalue weighted by atomic mass is 10.0. The molecule has 0 spiro atoms. The van der Waals surface area contributed by atoms with Crippen LogP contribution < -0.4 is 9.47 Å². The summed E-state index contributed by atoms with van der Waals surface area (Å²) in [5, 5.41) is 0.793. The summed E-state index contributed by atoms with van der Waals surface area (Å²) in [6, 6.07) is 8.21. The number of fused-ring (bicyclic) bond motifs is 1. The predicted molar refractivity (Wildman–Crippen MR) is 85.0 cm³/mol. The summed E-state index contributed by atoms with van der Waals surface area (Å²) in [6.45, 7) is 0.919. The van der Waals surface area contributed by atoms with E-state index < -0.39 is 0 Å². The quantitative estimate of drug-likeness (QED) is 0.697. The maximum absolute atomic E-state index is 12.6. The summed E-state index contributed by atoms with van der Waals surface area (Å²) in [6.07, 6.45) is 0. The van der Waals surface area contributed by atoms with Gasteiger partial charge in [0.2, 0.25) is 0 Å². The van der Waals surface area contributed by atoms with Crippen LogP contribution in [0.4, 0.5) is 0 Å². The van der Waals surface area contributed by atoms with Crippen molar-refractivity contribution in [2.75, 3.05) is 13.2 Å². The van der Waals surface area contributed by atoms with E-state index in [2.05, 4.69) is 15.9 Å². The number of benzene rings is 2. The van der Waals surface area contributed by atoms with E-state index in [-0.39, 0.29) is 5.78 Å². The molecular weight excluding hydrogens is 379 g/mol. The highest BCUT2D eigenvalue weighted by Crippen LogP contribution is 2.36. The molecule has 0 amide bonds. The Morgan fingerprint density at radius 2 is 1.67 bits per heavy atom. The van der Waals surface area contributed by atoms with Crippen molar-refractivity contribution in [1.29, 1.82) is 0 Å². The number of carbonyl (C=O) groups excluding carboxylic acids is 1. The lowest BCUT2D eigenvalue weighted by molar-refractivity contribution is 0.103. The molecule has 1 aliphatic rings. The highest BCUT2D eigenvalue weighted by molar-refractivity contribution is 9.10. The molecule has 1 heterocycles. The van der Waals surface area contributed by atoms with Crippen molar-refractivity contribution >= 4 is 44.9 Å². The van der Waals surface area contributed by atoms with Gasteiger partial charge in [-0.1, -0.05) is 39.1 Å². The second kappa shape index (κ2) is 5.87. The Labute approximate surface area is 139 Å². The van der Waals surface area contributed by atoms with Gasteiger partial charge in [0.25, 0.3) is 0 Å². The largest absolute Gasteiger partial charge is 0.486 e. The lowest BCUT2D eigenvalue weighted by Crippen LogP contribution is -2.16. The first-order valence-corrected chi connectivity index (χ1v) is 7.69. The van der Waals surface area contributed by atoms with E-state index in [1.807, 2.05) is 0 Å². The van der Waals surface area contributed by atoms with Gasteiger partial charge in [-0.25, -0.2) is 0 Å². The normalized spacial score (nSPS) is 13.1. The van der Waals surface area contributed by atoms with Gasteiger partial charge in [0.15, 0.2) is 17.3 Å². The predicted octanol–water partition coefficient (Wildman–Crippen LogP) is 4.76. The summed E-state index contributed by atoms with van der Waals surface area (Å²) in [5.41, 5.74) is 0.808. The van der Waals surface area contributed by atoms with Crippen molar-refractivity contribution in [3.05, 3.63) is 56.0 Å². The number of carbonyl (C=O) groups is 1. The van der Waals surface area contributed by atoms with Crippen LogP contribution >= 0.6 is 39.1 Å². The molecule has 2 aromatic carbocycles. The number of hydrogen-bond acceptors (Lipinski definition) is 3. The molecule has 0 radical (unpaired) electrons. The van der Waals surface area contributed by atoms with E-state index in [4.69, 9.17) is 32.7 Å². The van der Waals surface area contributed by atoms with Crippen molar-refractivity contribution in [2.45, 2.75) is 0 Å². The topological polar surface area (TPSA) is 35.5 Å². The van der Waals surface area contributed by atoms with Crippen LogP contribution in [0.1, 0.15) is 15.9 Å². The van der Waals surface area contributed by atoms with E-state index in [1.54, 1.807) is 30.3 Å². The van der Waals surface area contributed by atoms with E-state index in [0.29, 0.717) is 45.9 Å². The van der Waals surface area contributed by atoms with Crippen LogP contribution in [0.25, 0.3) is 0 Å². The van der Waals surface area contributed by atoms with Crippen molar-refractivity contribution < 1.29 is 14.3 Å². The molecule has 0 saturated heterocycles. The molecule has 0 saturated carbocycles. The van der Waals surface area contributed by atoms with Crippen LogP contribution in [0, 0.1) is 0 Å². The highest BCUT2D eigenvalue weighted by atomic mass is 79.9. The fourth-order valence-corrected chi connectivity index (χ4v) is 3.18. The van der Waals surface area contributed by atoms with Crippen LogP contribution in [-0.2, 0) is 0 Å². The average molecular weight is 388 g/mol. The van der Waals surface area contributed by atoms with Crippen LogP contribution in [0.5, 0.6) is 11.5 Å². The Bertz CT molecular complexity index is 711. The van der Waals surface area contributed by atoms with Crippen molar-refractivity contribution in [1.82, 2.24) is 0 Å². The molecule has 108 valence electrons. The molecular formula is C15H9BrCl2O3. The summed E-state index contributed by atoms with van der Waals surface area (Å²) in [7, 11) is 0. The third-order valence-electron chi connectivity index (χ3n) is 3.00. The van der Waals surface area contributed by atoms with Crippen LogP contribution in [-0.4, -0.2) is 19.0 Å². The zero-order valence-corrected chi connectivity index (χ0v) is 13.8. The molecule has 3 nitrogen and oxygen atoms in total. The lowest BCUT2D eigenvalue weighted by Gasteiger charge is -2.19. The minimum atomic E-state index is -0.222. The third-order valence-corrected chi connectivity index (χ3v) is 3.99. The second-order valence-corrected chi connectivity index (χ2v) is 6.22. The Hall–Kier alpha value is -1.23. The SMILES string of the molecule is O=C(c1cc(Cl)cc(Br)c1)c1cc2c(cc1Cl)OCCO2. The zero-order valence-electron chi connectivity index (χ0n) is 10.7. The van der Waals surface area contributed by atoms with E-state index in [1.165, 1.54) is 0 Å². The van der Waals surface area contributed by atoms with Gasteiger partial charge in [-0.05, 0) is 24.3 Å². The van der Waals surface area contributed by atoms with Crippen LogP contribution in [0.15, 0.2) is 34.8 Å². The Morgan fingerprint density at radius 3 is 2.33 bits per heavy atom. The van der Waals surface area contributed by atoms with Crippen molar-refractivity contribution in [3.8, 4) is 11.5 Å². The summed E-state index contributed by atoms with van der Waals surface area (Å²) in [5.74, 6) is 0.852. The monoisotopic (exact) mass is 386 g/mol. The Morgan fingerprint density at radius 1 is 1.00 bits per heavy atom. The van der Waals surface area contributed by atoms with Gasteiger partial charge in [0, 0.05) is 26.7 Å². The summed E-state index contributed by atoms with van der Waals surface area (Å²) >= 11 is 15.5. The van der Waals surface area contributed by atoms with Gasteiger partial charge >= 0.3 is 0 Å². The van der Waals surface area contributed by atoms with E-state index in [0.717, 1.165) is 4.47 Å². The average Bonchev–Trinajstić information content (AvgIpc) is 2.44. The molecule has 3 rings (SSSR count). The zero-order chi connectivity index (χ0) is 15.0. The van der Waals surface area contributed by atoms with Gasteiger partial charge in [-0.2, -0.15) is 0 Å².